The lowest BCUT2D eigenvalue weighted by Gasteiger charge is -2.23. The molecule has 1 saturated heterocycles. The minimum absolute atomic E-state index is 0.156. The van der Waals surface area contributed by atoms with Crippen LogP contribution in [0.15, 0.2) is 12.1 Å². The van der Waals surface area contributed by atoms with Crippen LogP contribution in [0.4, 0.5) is 5.69 Å². The number of anilines is 1. The zero-order valence-electron chi connectivity index (χ0n) is 11.3. The van der Waals surface area contributed by atoms with Crippen molar-refractivity contribution in [1.82, 2.24) is 4.90 Å². The van der Waals surface area contributed by atoms with Gasteiger partial charge in [-0.2, -0.15) is 0 Å². The molecular weight excluding hydrogens is 315 g/mol. The molecule has 0 saturated carbocycles. The quantitative estimate of drug-likeness (QED) is 0.825. The number of carbonyl (C=O) groups excluding carboxylic acids is 2. The molecule has 2 heterocycles. The largest absolute Gasteiger partial charge is 0.384 e. The fourth-order valence-corrected chi connectivity index (χ4v) is 3.41. The SMILES string of the molecule is C[C@@H](O)C(=O)N1CC[C@]2(C1)C(=O)Nc1cc(Cl)c(Cl)cc12. The average molecular weight is 329 g/mol. The number of carbonyl (C=O) groups is 2. The van der Waals surface area contributed by atoms with E-state index in [4.69, 9.17) is 23.2 Å². The molecule has 7 heteroatoms. The van der Waals surface area contributed by atoms with Crippen LogP contribution in [0.3, 0.4) is 0 Å². The fraction of sp³-hybridized carbons (Fsp3) is 0.429. The van der Waals surface area contributed by atoms with Gasteiger partial charge in [-0.15, -0.1) is 0 Å². The molecule has 1 aromatic rings. The fourth-order valence-electron chi connectivity index (χ4n) is 3.08. The lowest BCUT2D eigenvalue weighted by atomic mass is 9.81. The highest BCUT2D eigenvalue weighted by Crippen LogP contribution is 2.46. The highest BCUT2D eigenvalue weighted by Gasteiger charge is 2.52. The number of nitrogens with one attached hydrogen (secondary N) is 1. The molecule has 112 valence electrons. The van der Waals surface area contributed by atoms with Crippen molar-refractivity contribution >= 4 is 40.7 Å². The molecule has 0 bridgehead atoms. The molecule has 2 N–H and O–H groups in total. The van der Waals surface area contributed by atoms with Crippen LogP contribution in [0.5, 0.6) is 0 Å². The van der Waals surface area contributed by atoms with Gasteiger partial charge in [0.05, 0.1) is 15.5 Å². The van der Waals surface area contributed by atoms with Gasteiger partial charge in [-0.05, 0) is 31.0 Å². The first-order valence-electron chi connectivity index (χ1n) is 6.63. The molecule has 1 spiro atoms. The first-order chi connectivity index (χ1) is 9.85. The van der Waals surface area contributed by atoms with Crippen LogP contribution in [0.25, 0.3) is 0 Å². The average Bonchev–Trinajstić information content (AvgIpc) is 2.96. The molecule has 2 aliphatic heterocycles. The molecule has 3 rings (SSSR count). The van der Waals surface area contributed by atoms with E-state index in [1.807, 2.05) is 0 Å². The van der Waals surface area contributed by atoms with Crippen LogP contribution < -0.4 is 5.32 Å². The third-order valence-electron chi connectivity index (χ3n) is 4.20. The summed E-state index contributed by atoms with van der Waals surface area (Å²) in [5.74, 6) is -0.523. The predicted molar refractivity (Wildman–Crippen MR) is 79.6 cm³/mol. The molecular formula is C14H14Cl2N2O3. The summed E-state index contributed by atoms with van der Waals surface area (Å²) in [6.45, 7) is 2.09. The Kier molecular flexibility index (Phi) is 3.39. The van der Waals surface area contributed by atoms with Gasteiger partial charge in [0.1, 0.15) is 6.10 Å². The molecule has 2 atom stereocenters. The summed E-state index contributed by atoms with van der Waals surface area (Å²) in [6, 6.07) is 3.32. The van der Waals surface area contributed by atoms with Crippen molar-refractivity contribution in [3.8, 4) is 0 Å². The number of likely N-dealkylation sites (tertiary alicyclic amines) is 1. The van der Waals surface area contributed by atoms with Crippen molar-refractivity contribution in [3.05, 3.63) is 27.7 Å². The molecule has 21 heavy (non-hydrogen) atoms. The second-order valence-electron chi connectivity index (χ2n) is 5.53. The zero-order chi connectivity index (χ0) is 15.4. The number of rotatable bonds is 1. The maximum Gasteiger partial charge on any atom is 0.251 e. The summed E-state index contributed by atoms with van der Waals surface area (Å²) in [4.78, 5) is 25.9. The van der Waals surface area contributed by atoms with Gasteiger partial charge in [0.15, 0.2) is 0 Å². The third kappa shape index (κ3) is 2.11. The maximum absolute atomic E-state index is 12.4. The van der Waals surface area contributed by atoms with Crippen LogP contribution in [0, 0.1) is 0 Å². The number of aliphatic hydroxyl groups excluding tert-OH is 1. The topological polar surface area (TPSA) is 69.6 Å². The summed E-state index contributed by atoms with van der Waals surface area (Å²) >= 11 is 12.0. The Morgan fingerprint density at radius 1 is 1.43 bits per heavy atom. The molecule has 5 nitrogen and oxygen atoms in total. The summed E-state index contributed by atoms with van der Waals surface area (Å²) in [5, 5.41) is 13.0. The highest BCUT2D eigenvalue weighted by atomic mass is 35.5. The summed E-state index contributed by atoms with van der Waals surface area (Å²) in [6.07, 6.45) is -0.569. The van der Waals surface area contributed by atoms with E-state index in [-0.39, 0.29) is 18.4 Å². The standard InChI is InChI=1S/C14H14Cl2N2O3/c1-7(19)12(20)18-3-2-14(6-18)8-4-9(15)10(16)5-11(8)17-13(14)21/h4-5,7,19H,2-3,6H2,1H3,(H,17,21)/t7-,14-/m1/s1. The van der Waals surface area contributed by atoms with E-state index in [2.05, 4.69) is 5.32 Å². The first kappa shape index (κ1) is 14.6. The Morgan fingerprint density at radius 2 is 2.10 bits per heavy atom. The van der Waals surface area contributed by atoms with Gasteiger partial charge in [-0.25, -0.2) is 0 Å². The van der Waals surface area contributed by atoms with E-state index in [0.717, 1.165) is 5.56 Å². The van der Waals surface area contributed by atoms with Crippen LogP contribution >= 0.6 is 23.2 Å². The number of amides is 2. The molecule has 1 fully saturated rings. The molecule has 2 aliphatic rings. The molecule has 2 amide bonds. The monoisotopic (exact) mass is 328 g/mol. The highest BCUT2D eigenvalue weighted by molar-refractivity contribution is 6.42. The molecule has 0 aliphatic carbocycles. The number of benzene rings is 1. The van der Waals surface area contributed by atoms with Crippen LogP contribution in [-0.2, 0) is 15.0 Å². The van der Waals surface area contributed by atoms with E-state index < -0.39 is 11.5 Å². The molecule has 0 radical (unpaired) electrons. The van der Waals surface area contributed by atoms with E-state index in [0.29, 0.717) is 28.7 Å². The minimum Gasteiger partial charge on any atom is -0.384 e. The van der Waals surface area contributed by atoms with Gasteiger partial charge in [0.2, 0.25) is 5.91 Å². The summed E-state index contributed by atoms with van der Waals surface area (Å²) in [5.41, 5.74) is 0.609. The lowest BCUT2D eigenvalue weighted by Crippen LogP contribution is -2.41. The second kappa shape index (κ2) is 4.87. The predicted octanol–water partition coefficient (Wildman–Crippen LogP) is 1.80. The van der Waals surface area contributed by atoms with Crippen molar-refractivity contribution in [3.63, 3.8) is 0 Å². The number of fused-ring (bicyclic) bond motifs is 2. The smallest absolute Gasteiger partial charge is 0.251 e. The number of hydrogen-bond acceptors (Lipinski definition) is 3. The molecule has 0 unspecified atom stereocenters. The summed E-state index contributed by atoms with van der Waals surface area (Å²) in [7, 11) is 0. The van der Waals surface area contributed by atoms with Crippen molar-refractivity contribution in [2.75, 3.05) is 18.4 Å². The van der Waals surface area contributed by atoms with Crippen molar-refractivity contribution in [2.24, 2.45) is 0 Å². The van der Waals surface area contributed by atoms with Crippen molar-refractivity contribution in [2.45, 2.75) is 24.9 Å². The Labute approximate surface area is 131 Å². The summed E-state index contributed by atoms with van der Waals surface area (Å²) < 4.78 is 0. The molecule has 0 aromatic heterocycles. The Bertz CT molecular complexity index is 647. The number of aliphatic hydroxyl groups is 1. The van der Waals surface area contributed by atoms with Gasteiger partial charge in [0.25, 0.3) is 5.91 Å². The molecule has 1 aromatic carbocycles. The zero-order valence-corrected chi connectivity index (χ0v) is 12.8. The third-order valence-corrected chi connectivity index (χ3v) is 4.92. The number of halogens is 2. The van der Waals surface area contributed by atoms with E-state index in [9.17, 15) is 14.7 Å². The Hall–Kier alpha value is -1.30. The maximum atomic E-state index is 12.4. The van der Waals surface area contributed by atoms with Crippen LogP contribution in [0.2, 0.25) is 10.0 Å². The lowest BCUT2D eigenvalue weighted by molar-refractivity contribution is -0.138. The Balaban J connectivity index is 2.00. The van der Waals surface area contributed by atoms with E-state index >= 15 is 0 Å². The van der Waals surface area contributed by atoms with Gasteiger partial charge in [0, 0.05) is 18.8 Å². The van der Waals surface area contributed by atoms with Crippen LogP contribution in [-0.4, -0.2) is 41.0 Å². The van der Waals surface area contributed by atoms with Gasteiger partial charge >= 0.3 is 0 Å². The van der Waals surface area contributed by atoms with Gasteiger partial charge in [-0.1, -0.05) is 23.2 Å². The second-order valence-corrected chi connectivity index (χ2v) is 6.35. The van der Waals surface area contributed by atoms with E-state index in [1.165, 1.54) is 11.8 Å². The van der Waals surface area contributed by atoms with Gasteiger partial charge < -0.3 is 15.3 Å². The van der Waals surface area contributed by atoms with Crippen LogP contribution in [0.1, 0.15) is 18.9 Å². The van der Waals surface area contributed by atoms with Crippen molar-refractivity contribution < 1.29 is 14.7 Å². The minimum atomic E-state index is -1.07. The Morgan fingerprint density at radius 3 is 2.76 bits per heavy atom. The van der Waals surface area contributed by atoms with Crippen molar-refractivity contribution in [1.29, 1.82) is 0 Å². The first-order valence-corrected chi connectivity index (χ1v) is 7.38. The number of hydrogen-bond donors (Lipinski definition) is 2. The normalized spacial score (nSPS) is 25.1. The van der Waals surface area contributed by atoms with E-state index in [1.54, 1.807) is 12.1 Å². The number of nitrogens with zero attached hydrogens (tertiary/aromatic N) is 1. The van der Waals surface area contributed by atoms with Gasteiger partial charge in [-0.3, -0.25) is 9.59 Å².